The van der Waals surface area contributed by atoms with Crippen LogP contribution in [0.2, 0.25) is 0 Å². The van der Waals surface area contributed by atoms with Crippen molar-refractivity contribution in [3.63, 3.8) is 0 Å². The van der Waals surface area contributed by atoms with Gasteiger partial charge in [-0.05, 0) is 32.4 Å². The number of benzene rings is 1. The predicted octanol–water partition coefficient (Wildman–Crippen LogP) is 1.68. The molecule has 0 radical (unpaired) electrons. The summed E-state index contributed by atoms with van der Waals surface area (Å²) in [6, 6.07) is 5.60. The molecular formula is C15H22N2O5S. The Labute approximate surface area is 136 Å². The predicted molar refractivity (Wildman–Crippen MR) is 87.9 cm³/mol. The fourth-order valence-electron chi connectivity index (χ4n) is 1.88. The summed E-state index contributed by atoms with van der Waals surface area (Å²) in [6.07, 6.45) is 0.455. The van der Waals surface area contributed by atoms with Crippen molar-refractivity contribution in [3.8, 4) is 0 Å². The number of carboxylic acids is 1. The van der Waals surface area contributed by atoms with Gasteiger partial charge in [-0.15, -0.1) is 0 Å². The fraction of sp³-hybridized carbons (Fsp3) is 0.467. The zero-order chi connectivity index (χ0) is 17.6. The Hall–Kier alpha value is -2.09. The van der Waals surface area contributed by atoms with Gasteiger partial charge in [0.25, 0.3) is 5.91 Å². The maximum absolute atomic E-state index is 12.3. The first-order valence-electron chi connectivity index (χ1n) is 7.31. The Balaban J connectivity index is 2.96. The van der Waals surface area contributed by atoms with Gasteiger partial charge in [0.05, 0.1) is 22.9 Å². The van der Waals surface area contributed by atoms with E-state index in [0.717, 1.165) is 0 Å². The van der Waals surface area contributed by atoms with Crippen LogP contribution in [0.1, 0.15) is 37.6 Å². The summed E-state index contributed by atoms with van der Waals surface area (Å²) in [5.74, 6) is -2.35. The lowest BCUT2D eigenvalue weighted by Crippen LogP contribution is -2.40. The van der Waals surface area contributed by atoms with E-state index in [1.807, 2.05) is 0 Å². The summed E-state index contributed by atoms with van der Waals surface area (Å²) < 4.78 is 26.1. The molecule has 0 spiro atoms. The average Bonchev–Trinajstić information content (AvgIpc) is 2.46. The van der Waals surface area contributed by atoms with Crippen LogP contribution in [0.15, 0.2) is 24.3 Å². The summed E-state index contributed by atoms with van der Waals surface area (Å²) in [4.78, 5) is 23.3. The van der Waals surface area contributed by atoms with Crippen LogP contribution >= 0.6 is 0 Å². The Morgan fingerprint density at radius 2 is 1.83 bits per heavy atom. The standard InChI is InChI=1S/C15H22N2O5S/c1-4-9-23(21,22)17-13-8-6-5-7-12(13)14(18)16-11(3)10(2)15(19)20/h5-8,10-11,17H,4,9H2,1-3H3,(H,16,18)(H,19,20). The molecule has 0 saturated heterocycles. The van der Waals surface area contributed by atoms with Gasteiger partial charge in [0.1, 0.15) is 0 Å². The molecule has 0 aliphatic heterocycles. The van der Waals surface area contributed by atoms with Gasteiger partial charge in [0, 0.05) is 6.04 Å². The highest BCUT2D eigenvalue weighted by atomic mass is 32.2. The van der Waals surface area contributed by atoms with E-state index in [1.54, 1.807) is 26.0 Å². The van der Waals surface area contributed by atoms with Gasteiger partial charge in [0.2, 0.25) is 10.0 Å². The van der Waals surface area contributed by atoms with Crippen molar-refractivity contribution in [3.05, 3.63) is 29.8 Å². The minimum absolute atomic E-state index is 0.0462. The Bertz CT molecular complexity index is 672. The third kappa shape index (κ3) is 5.55. The number of carbonyl (C=O) groups excluding carboxylic acids is 1. The molecule has 1 amide bonds. The molecule has 7 nitrogen and oxygen atoms in total. The molecule has 2 atom stereocenters. The highest BCUT2D eigenvalue weighted by Crippen LogP contribution is 2.17. The third-order valence-electron chi connectivity index (χ3n) is 3.41. The minimum atomic E-state index is -3.52. The molecule has 2 unspecified atom stereocenters. The van der Waals surface area contributed by atoms with Gasteiger partial charge in [-0.25, -0.2) is 8.42 Å². The zero-order valence-electron chi connectivity index (χ0n) is 13.4. The molecule has 128 valence electrons. The first-order valence-corrected chi connectivity index (χ1v) is 8.96. The molecule has 0 bridgehead atoms. The van der Waals surface area contributed by atoms with E-state index < -0.39 is 33.9 Å². The van der Waals surface area contributed by atoms with Crippen molar-refractivity contribution >= 4 is 27.6 Å². The Morgan fingerprint density at radius 3 is 2.39 bits per heavy atom. The van der Waals surface area contributed by atoms with Crippen LogP contribution in [0.4, 0.5) is 5.69 Å². The van der Waals surface area contributed by atoms with Crippen LogP contribution in [0, 0.1) is 5.92 Å². The van der Waals surface area contributed by atoms with Gasteiger partial charge < -0.3 is 10.4 Å². The molecule has 0 fully saturated rings. The topological polar surface area (TPSA) is 113 Å². The zero-order valence-corrected chi connectivity index (χ0v) is 14.2. The number of anilines is 1. The number of para-hydroxylation sites is 1. The molecule has 1 rings (SSSR count). The van der Waals surface area contributed by atoms with Crippen LogP contribution in [0.25, 0.3) is 0 Å². The number of rotatable bonds is 8. The van der Waals surface area contributed by atoms with E-state index in [0.29, 0.717) is 6.42 Å². The van der Waals surface area contributed by atoms with Crippen LogP contribution < -0.4 is 10.0 Å². The van der Waals surface area contributed by atoms with Crippen molar-refractivity contribution in [2.24, 2.45) is 5.92 Å². The summed E-state index contributed by atoms with van der Waals surface area (Å²) in [5, 5.41) is 11.5. The highest BCUT2D eigenvalue weighted by molar-refractivity contribution is 7.92. The Kier molecular flexibility index (Phi) is 6.56. The Morgan fingerprint density at radius 1 is 1.22 bits per heavy atom. The lowest BCUT2D eigenvalue weighted by atomic mass is 10.0. The number of carbonyl (C=O) groups is 2. The lowest BCUT2D eigenvalue weighted by molar-refractivity contribution is -0.141. The maximum Gasteiger partial charge on any atom is 0.308 e. The van der Waals surface area contributed by atoms with Gasteiger partial charge in [-0.1, -0.05) is 19.1 Å². The van der Waals surface area contributed by atoms with E-state index >= 15 is 0 Å². The summed E-state index contributed by atoms with van der Waals surface area (Å²) >= 11 is 0. The molecule has 0 saturated carbocycles. The number of amides is 1. The maximum atomic E-state index is 12.3. The largest absolute Gasteiger partial charge is 0.481 e. The number of aliphatic carboxylic acids is 1. The van der Waals surface area contributed by atoms with Crippen molar-refractivity contribution in [1.82, 2.24) is 5.32 Å². The van der Waals surface area contributed by atoms with Gasteiger partial charge in [0.15, 0.2) is 0 Å². The number of nitrogens with one attached hydrogen (secondary N) is 2. The van der Waals surface area contributed by atoms with Gasteiger partial charge in [-0.3, -0.25) is 14.3 Å². The molecule has 1 aromatic carbocycles. The molecule has 0 aliphatic carbocycles. The number of carboxylic acid groups (broad SMARTS) is 1. The second-order valence-corrected chi connectivity index (χ2v) is 7.20. The first kappa shape index (κ1) is 19.0. The molecule has 0 aromatic heterocycles. The van der Waals surface area contributed by atoms with Crippen LogP contribution in [0.3, 0.4) is 0 Å². The molecule has 1 aromatic rings. The fourth-order valence-corrected chi connectivity index (χ4v) is 3.03. The van der Waals surface area contributed by atoms with Crippen molar-refractivity contribution in [2.45, 2.75) is 33.2 Å². The number of sulfonamides is 1. The second-order valence-electron chi connectivity index (χ2n) is 5.36. The molecule has 0 aliphatic rings. The minimum Gasteiger partial charge on any atom is -0.481 e. The molecule has 8 heteroatoms. The van der Waals surface area contributed by atoms with Crippen molar-refractivity contribution in [2.75, 3.05) is 10.5 Å². The van der Waals surface area contributed by atoms with E-state index in [2.05, 4.69) is 10.0 Å². The smallest absolute Gasteiger partial charge is 0.308 e. The second kappa shape index (κ2) is 7.96. The van der Waals surface area contributed by atoms with E-state index in [9.17, 15) is 18.0 Å². The lowest BCUT2D eigenvalue weighted by Gasteiger charge is -2.19. The summed E-state index contributed by atoms with van der Waals surface area (Å²) in [5.41, 5.74) is 0.324. The molecular weight excluding hydrogens is 320 g/mol. The summed E-state index contributed by atoms with van der Waals surface area (Å²) in [7, 11) is -3.52. The first-order chi connectivity index (χ1) is 10.7. The molecule has 23 heavy (non-hydrogen) atoms. The summed E-state index contributed by atoms with van der Waals surface area (Å²) in [6.45, 7) is 4.82. The monoisotopic (exact) mass is 342 g/mol. The van der Waals surface area contributed by atoms with Gasteiger partial charge >= 0.3 is 5.97 Å². The van der Waals surface area contributed by atoms with E-state index in [1.165, 1.54) is 19.1 Å². The molecule has 0 heterocycles. The molecule has 3 N–H and O–H groups in total. The van der Waals surface area contributed by atoms with E-state index in [-0.39, 0.29) is 17.0 Å². The third-order valence-corrected chi connectivity index (χ3v) is 4.88. The number of hydrogen-bond acceptors (Lipinski definition) is 4. The highest BCUT2D eigenvalue weighted by Gasteiger charge is 2.23. The van der Waals surface area contributed by atoms with Crippen molar-refractivity contribution in [1.29, 1.82) is 0 Å². The van der Waals surface area contributed by atoms with Crippen LogP contribution in [-0.4, -0.2) is 37.2 Å². The quantitative estimate of drug-likeness (QED) is 0.665. The van der Waals surface area contributed by atoms with Crippen LogP contribution in [0.5, 0.6) is 0 Å². The average molecular weight is 342 g/mol. The van der Waals surface area contributed by atoms with Crippen LogP contribution in [-0.2, 0) is 14.8 Å². The van der Waals surface area contributed by atoms with Gasteiger partial charge in [-0.2, -0.15) is 0 Å². The normalized spacial score (nSPS) is 13.9. The SMILES string of the molecule is CCCS(=O)(=O)Nc1ccccc1C(=O)NC(C)C(C)C(=O)O. The van der Waals surface area contributed by atoms with Crippen molar-refractivity contribution < 1.29 is 23.1 Å². The van der Waals surface area contributed by atoms with E-state index in [4.69, 9.17) is 5.11 Å². The number of hydrogen-bond donors (Lipinski definition) is 3.